The van der Waals surface area contributed by atoms with Gasteiger partial charge in [-0.1, -0.05) is 6.07 Å². The second-order valence-corrected chi connectivity index (χ2v) is 4.44. The molecular formula is C13H13F3N2O4. The maximum Gasteiger partial charge on any atom is 0.416 e. The van der Waals surface area contributed by atoms with E-state index in [-0.39, 0.29) is 12.0 Å². The van der Waals surface area contributed by atoms with Crippen LogP contribution >= 0.6 is 0 Å². The number of rotatable bonds is 6. The summed E-state index contributed by atoms with van der Waals surface area (Å²) in [5.74, 6) is -3.11. The van der Waals surface area contributed by atoms with Crippen LogP contribution in [-0.2, 0) is 15.8 Å². The van der Waals surface area contributed by atoms with Crippen LogP contribution in [0.2, 0.25) is 0 Å². The van der Waals surface area contributed by atoms with Gasteiger partial charge in [0.2, 0.25) is 5.91 Å². The first-order valence-electron chi connectivity index (χ1n) is 6.10. The van der Waals surface area contributed by atoms with Crippen molar-refractivity contribution in [2.45, 2.75) is 25.1 Å². The number of carboxylic acids is 1. The molecule has 0 aromatic heterocycles. The fourth-order valence-electron chi connectivity index (χ4n) is 1.63. The zero-order valence-corrected chi connectivity index (χ0v) is 11.2. The molecule has 2 amide bonds. The lowest BCUT2D eigenvalue weighted by molar-refractivity contribution is -0.138. The van der Waals surface area contributed by atoms with Crippen molar-refractivity contribution >= 4 is 17.8 Å². The van der Waals surface area contributed by atoms with E-state index in [0.717, 1.165) is 18.2 Å². The summed E-state index contributed by atoms with van der Waals surface area (Å²) in [4.78, 5) is 33.4. The van der Waals surface area contributed by atoms with E-state index in [2.05, 4.69) is 5.32 Å². The number of primary amides is 1. The standard InChI is InChI=1S/C13H13F3N2O4/c14-13(15,16)8-3-1-2-7(6-8)12(22)18-9(11(17)21)4-5-10(19)20/h1-3,6,9H,4-5H2,(H2,17,21)(H,18,22)(H,19,20)/t9-/m1/s1. The van der Waals surface area contributed by atoms with E-state index in [1.54, 1.807) is 0 Å². The highest BCUT2D eigenvalue weighted by atomic mass is 19.4. The Labute approximate surface area is 123 Å². The van der Waals surface area contributed by atoms with Gasteiger partial charge < -0.3 is 16.2 Å². The molecule has 4 N–H and O–H groups in total. The second-order valence-electron chi connectivity index (χ2n) is 4.44. The van der Waals surface area contributed by atoms with Crippen LogP contribution in [0, 0.1) is 0 Å². The molecule has 22 heavy (non-hydrogen) atoms. The Hall–Kier alpha value is -2.58. The minimum atomic E-state index is -4.61. The summed E-state index contributed by atoms with van der Waals surface area (Å²) in [6, 6.07) is 2.34. The van der Waals surface area contributed by atoms with Gasteiger partial charge in [-0.25, -0.2) is 0 Å². The molecule has 1 atom stereocenters. The number of hydrogen-bond donors (Lipinski definition) is 3. The van der Waals surface area contributed by atoms with Crippen molar-refractivity contribution in [2.24, 2.45) is 5.73 Å². The molecule has 0 saturated heterocycles. The molecule has 1 aromatic rings. The van der Waals surface area contributed by atoms with Gasteiger partial charge in [-0.15, -0.1) is 0 Å². The third kappa shape index (κ3) is 5.08. The Balaban J connectivity index is 2.86. The number of carbonyl (C=O) groups excluding carboxylic acids is 2. The van der Waals surface area contributed by atoms with E-state index >= 15 is 0 Å². The molecule has 0 unspecified atom stereocenters. The summed E-state index contributed by atoms with van der Waals surface area (Å²) in [6.45, 7) is 0. The highest BCUT2D eigenvalue weighted by molar-refractivity contribution is 5.97. The predicted molar refractivity (Wildman–Crippen MR) is 68.8 cm³/mol. The number of halogens is 3. The van der Waals surface area contributed by atoms with E-state index in [9.17, 15) is 27.6 Å². The summed E-state index contributed by atoms with van der Waals surface area (Å²) < 4.78 is 37.7. The smallest absolute Gasteiger partial charge is 0.416 e. The third-order valence-electron chi connectivity index (χ3n) is 2.75. The lowest BCUT2D eigenvalue weighted by Crippen LogP contribution is -2.44. The molecule has 0 fully saturated rings. The average molecular weight is 318 g/mol. The molecule has 0 bridgehead atoms. The number of hydrogen-bond acceptors (Lipinski definition) is 3. The molecule has 1 rings (SSSR count). The first kappa shape index (κ1) is 17.5. The van der Waals surface area contributed by atoms with Crippen molar-refractivity contribution in [2.75, 3.05) is 0 Å². The molecule has 0 aliphatic carbocycles. The van der Waals surface area contributed by atoms with Crippen LogP contribution in [0.1, 0.15) is 28.8 Å². The minimum absolute atomic E-state index is 0.255. The number of alkyl halides is 3. The Bertz CT molecular complexity index is 587. The predicted octanol–water partition coefficient (Wildman–Crippen LogP) is 1.15. The summed E-state index contributed by atoms with van der Waals surface area (Å²) in [6.07, 6.45) is -5.28. The van der Waals surface area contributed by atoms with Crippen LogP contribution in [0.25, 0.3) is 0 Å². The van der Waals surface area contributed by atoms with Crippen LogP contribution in [-0.4, -0.2) is 28.9 Å². The van der Waals surface area contributed by atoms with E-state index in [1.807, 2.05) is 0 Å². The van der Waals surface area contributed by atoms with Crippen molar-refractivity contribution in [1.29, 1.82) is 0 Å². The van der Waals surface area contributed by atoms with Gasteiger partial charge in [0.15, 0.2) is 0 Å². The van der Waals surface area contributed by atoms with Crippen LogP contribution in [0.15, 0.2) is 24.3 Å². The van der Waals surface area contributed by atoms with E-state index < -0.39 is 42.0 Å². The van der Waals surface area contributed by atoms with Crippen LogP contribution in [0.5, 0.6) is 0 Å². The third-order valence-corrected chi connectivity index (χ3v) is 2.75. The van der Waals surface area contributed by atoms with E-state index in [1.165, 1.54) is 0 Å². The number of aliphatic carboxylic acids is 1. The summed E-state index contributed by atoms with van der Waals surface area (Å²) >= 11 is 0. The first-order chi connectivity index (χ1) is 10.1. The topological polar surface area (TPSA) is 109 Å². The van der Waals surface area contributed by atoms with Crippen LogP contribution in [0.3, 0.4) is 0 Å². The number of benzene rings is 1. The van der Waals surface area contributed by atoms with Gasteiger partial charge in [0, 0.05) is 12.0 Å². The number of carboxylic acid groups (broad SMARTS) is 1. The molecule has 120 valence electrons. The molecule has 0 aliphatic heterocycles. The lowest BCUT2D eigenvalue weighted by Gasteiger charge is -2.15. The van der Waals surface area contributed by atoms with Crippen LogP contribution in [0.4, 0.5) is 13.2 Å². The van der Waals surface area contributed by atoms with Crippen molar-refractivity contribution in [3.05, 3.63) is 35.4 Å². The van der Waals surface area contributed by atoms with Crippen molar-refractivity contribution in [3.63, 3.8) is 0 Å². The highest BCUT2D eigenvalue weighted by Crippen LogP contribution is 2.29. The van der Waals surface area contributed by atoms with E-state index in [4.69, 9.17) is 10.8 Å². The molecule has 0 radical (unpaired) electrons. The molecule has 9 heteroatoms. The van der Waals surface area contributed by atoms with Gasteiger partial charge in [0.05, 0.1) is 5.56 Å². The fourth-order valence-corrected chi connectivity index (χ4v) is 1.63. The average Bonchev–Trinajstić information content (AvgIpc) is 2.41. The van der Waals surface area contributed by atoms with Gasteiger partial charge in [0.25, 0.3) is 5.91 Å². The van der Waals surface area contributed by atoms with Gasteiger partial charge >= 0.3 is 12.1 Å². The second kappa shape index (κ2) is 6.92. The number of nitrogens with two attached hydrogens (primary N) is 1. The Morgan fingerprint density at radius 3 is 2.41 bits per heavy atom. The summed E-state index contributed by atoms with van der Waals surface area (Å²) in [5.41, 5.74) is 3.70. The lowest BCUT2D eigenvalue weighted by atomic mass is 10.1. The van der Waals surface area contributed by atoms with E-state index in [0.29, 0.717) is 6.07 Å². The molecular weight excluding hydrogens is 305 g/mol. The van der Waals surface area contributed by atoms with Crippen molar-refractivity contribution in [3.8, 4) is 0 Å². The number of nitrogens with one attached hydrogen (secondary N) is 1. The van der Waals surface area contributed by atoms with Crippen LogP contribution < -0.4 is 11.1 Å². The molecule has 1 aromatic carbocycles. The molecule has 0 aliphatic rings. The fraction of sp³-hybridized carbons (Fsp3) is 0.308. The summed E-state index contributed by atoms with van der Waals surface area (Å²) in [7, 11) is 0. The largest absolute Gasteiger partial charge is 0.481 e. The highest BCUT2D eigenvalue weighted by Gasteiger charge is 2.31. The zero-order chi connectivity index (χ0) is 16.9. The van der Waals surface area contributed by atoms with Crippen molar-refractivity contribution in [1.82, 2.24) is 5.32 Å². The monoisotopic (exact) mass is 318 g/mol. The molecule has 6 nitrogen and oxygen atoms in total. The Morgan fingerprint density at radius 2 is 1.91 bits per heavy atom. The van der Waals surface area contributed by atoms with Crippen molar-refractivity contribution < 1.29 is 32.7 Å². The quantitative estimate of drug-likeness (QED) is 0.731. The Kier molecular flexibility index (Phi) is 5.50. The summed E-state index contributed by atoms with van der Waals surface area (Å²) in [5, 5.41) is 10.7. The van der Waals surface area contributed by atoms with Gasteiger partial charge in [-0.05, 0) is 24.6 Å². The number of carbonyl (C=O) groups is 3. The molecule has 0 saturated carbocycles. The maximum atomic E-state index is 12.6. The minimum Gasteiger partial charge on any atom is -0.481 e. The Morgan fingerprint density at radius 1 is 1.27 bits per heavy atom. The van der Waals surface area contributed by atoms with Gasteiger partial charge in [0.1, 0.15) is 6.04 Å². The van der Waals surface area contributed by atoms with Gasteiger partial charge in [-0.2, -0.15) is 13.2 Å². The SMILES string of the molecule is NC(=O)[C@@H](CCC(=O)O)NC(=O)c1cccc(C(F)(F)F)c1. The molecule has 0 spiro atoms. The first-order valence-corrected chi connectivity index (χ1v) is 6.10. The molecule has 0 heterocycles. The number of amides is 2. The maximum absolute atomic E-state index is 12.6. The van der Waals surface area contributed by atoms with Gasteiger partial charge in [-0.3, -0.25) is 14.4 Å². The zero-order valence-electron chi connectivity index (χ0n) is 11.2. The normalized spacial score (nSPS) is 12.5.